The first-order valence-electron chi connectivity index (χ1n) is 3.41. The van der Waals surface area contributed by atoms with E-state index >= 15 is 0 Å². The summed E-state index contributed by atoms with van der Waals surface area (Å²) >= 11 is 0. The van der Waals surface area contributed by atoms with Gasteiger partial charge in [-0.1, -0.05) is 0 Å². The Balaban J connectivity index is 2.49. The number of ether oxygens (including phenoxy) is 1. The van der Waals surface area contributed by atoms with Crippen molar-refractivity contribution in [2.24, 2.45) is 5.73 Å². The van der Waals surface area contributed by atoms with E-state index in [1.165, 1.54) is 0 Å². The van der Waals surface area contributed by atoms with Crippen LogP contribution in [0.3, 0.4) is 0 Å². The van der Waals surface area contributed by atoms with E-state index in [2.05, 4.69) is 0 Å². The van der Waals surface area contributed by atoms with E-state index in [1.54, 1.807) is 0 Å². The van der Waals surface area contributed by atoms with Gasteiger partial charge in [-0.25, -0.2) is 4.79 Å². The van der Waals surface area contributed by atoms with Crippen LogP contribution in [0.5, 0.6) is 0 Å². The zero-order chi connectivity index (χ0) is 8.43. The molecular weight excluding hydrogens is 150 g/mol. The van der Waals surface area contributed by atoms with Crippen molar-refractivity contribution >= 4 is 5.97 Å². The number of nitrogens with two attached hydrogens (primary N) is 1. The first kappa shape index (κ1) is 8.45. The van der Waals surface area contributed by atoms with Crippen molar-refractivity contribution in [1.82, 2.24) is 0 Å². The summed E-state index contributed by atoms with van der Waals surface area (Å²) in [6.45, 7) is 0.158. The lowest BCUT2D eigenvalue weighted by atomic mass is 10.1. The van der Waals surface area contributed by atoms with Gasteiger partial charge < -0.3 is 20.7 Å². The van der Waals surface area contributed by atoms with Gasteiger partial charge in [-0.2, -0.15) is 0 Å². The Morgan fingerprint density at radius 2 is 2.36 bits per heavy atom. The number of aliphatic hydroxyl groups is 1. The highest BCUT2D eigenvalue weighted by molar-refractivity contribution is 5.72. The Morgan fingerprint density at radius 3 is 2.64 bits per heavy atom. The molecule has 1 aliphatic rings. The topological polar surface area (TPSA) is 92.8 Å². The Kier molecular flexibility index (Phi) is 2.43. The van der Waals surface area contributed by atoms with Crippen molar-refractivity contribution in [1.29, 1.82) is 0 Å². The number of aliphatic carboxylic acids is 1. The second-order valence-electron chi connectivity index (χ2n) is 2.54. The van der Waals surface area contributed by atoms with Crippen LogP contribution in [-0.2, 0) is 9.53 Å². The van der Waals surface area contributed by atoms with Crippen LogP contribution in [0.25, 0.3) is 0 Å². The van der Waals surface area contributed by atoms with E-state index in [0.717, 1.165) is 0 Å². The predicted octanol–water partition coefficient (Wildman–Crippen LogP) is -1.45. The molecule has 5 nitrogen and oxygen atoms in total. The third-order valence-electron chi connectivity index (χ3n) is 1.73. The van der Waals surface area contributed by atoms with Gasteiger partial charge in [-0.15, -0.1) is 0 Å². The van der Waals surface area contributed by atoms with E-state index in [4.69, 9.17) is 20.7 Å². The van der Waals surface area contributed by atoms with Gasteiger partial charge in [-0.3, -0.25) is 0 Å². The van der Waals surface area contributed by atoms with Gasteiger partial charge in [0.25, 0.3) is 0 Å². The van der Waals surface area contributed by atoms with E-state index in [1.807, 2.05) is 0 Å². The highest BCUT2D eigenvalue weighted by Gasteiger charge is 2.36. The van der Waals surface area contributed by atoms with Crippen molar-refractivity contribution < 1.29 is 19.7 Å². The van der Waals surface area contributed by atoms with E-state index in [9.17, 15) is 4.79 Å². The quantitative estimate of drug-likeness (QED) is 0.460. The SMILES string of the molecule is NC[C@@H]1O[C@@H](C(=O)O)C[C@H]1O. The number of rotatable bonds is 2. The Morgan fingerprint density at radius 1 is 1.73 bits per heavy atom. The number of hydrogen-bond donors (Lipinski definition) is 3. The van der Waals surface area contributed by atoms with Crippen LogP contribution in [0.1, 0.15) is 6.42 Å². The molecule has 3 atom stereocenters. The van der Waals surface area contributed by atoms with Gasteiger partial charge in [0.1, 0.15) is 0 Å². The minimum absolute atomic E-state index is 0.136. The zero-order valence-electron chi connectivity index (χ0n) is 5.93. The second kappa shape index (κ2) is 3.17. The maximum atomic E-state index is 10.3. The third-order valence-corrected chi connectivity index (χ3v) is 1.73. The smallest absolute Gasteiger partial charge is 0.332 e. The van der Waals surface area contributed by atoms with Crippen molar-refractivity contribution in [3.05, 3.63) is 0 Å². The minimum atomic E-state index is -1.04. The molecule has 0 unspecified atom stereocenters. The minimum Gasteiger partial charge on any atom is -0.479 e. The van der Waals surface area contributed by atoms with Gasteiger partial charge in [0, 0.05) is 13.0 Å². The molecule has 1 fully saturated rings. The lowest BCUT2D eigenvalue weighted by molar-refractivity contribution is -0.149. The summed E-state index contributed by atoms with van der Waals surface area (Å²) in [7, 11) is 0. The van der Waals surface area contributed by atoms with Gasteiger partial charge in [0.05, 0.1) is 12.2 Å². The van der Waals surface area contributed by atoms with E-state index in [-0.39, 0.29) is 13.0 Å². The molecular formula is C6H11NO4. The molecule has 0 aromatic heterocycles. The molecule has 0 spiro atoms. The Hall–Kier alpha value is -0.650. The first-order valence-corrected chi connectivity index (χ1v) is 3.41. The summed E-state index contributed by atoms with van der Waals surface area (Å²) in [4.78, 5) is 10.3. The molecule has 4 N–H and O–H groups in total. The predicted molar refractivity (Wildman–Crippen MR) is 36.0 cm³/mol. The summed E-state index contributed by atoms with van der Waals surface area (Å²) in [5, 5.41) is 17.6. The molecule has 64 valence electrons. The normalized spacial score (nSPS) is 37.5. The van der Waals surface area contributed by atoms with Crippen molar-refractivity contribution in [3.8, 4) is 0 Å². The molecule has 0 aliphatic carbocycles. The largest absolute Gasteiger partial charge is 0.479 e. The molecule has 0 radical (unpaired) electrons. The van der Waals surface area contributed by atoms with E-state index in [0.29, 0.717) is 0 Å². The summed E-state index contributed by atoms with van der Waals surface area (Å²) in [5.74, 6) is -1.04. The van der Waals surface area contributed by atoms with Gasteiger partial charge in [0.2, 0.25) is 0 Å². The fourth-order valence-electron chi connectivity index (χ4n) is 1.10. The highest BCUT2D eigenvalue weighted by Crippen LogP contribution is 2.19. The van der Waals surface area contributed by atoms with Crippen LogP contribution in [0.4, 0.5) is 0 Å². The molecule has 0 amide bonds. The average molecular weight is 161 g/mol. The van der Waals surface area contributed by atoms with Crippen LogP contribution in [0.2, 0.25) is 0 Å². The average Bonchev–Trinajstić information content (AvgIpc) is 2.31. The van der Waals surface area contributed by atoms with Crippen LogP contribution in [0, 0.1) is 0 Å². The molecule has 1 heterocycles. The molecule has 0 aromatic rings. The lowest BCUT2D eigenvalue weighted by Gasteiger charge is -2.09. The molecule has 5 heteroatoms. The first-order chi connectivity index (χ1) is 5.15. The Labute approximate surface area is 63.8 Å². The van der Waals surface area contributed by atoms with Crippen LogP contribution in [-0.4, -0.2) is 41.0 Å². The monoisotopic (exact) mass is 161 g/mol. The van der Waals surface area contributed by atoms with Gasteiger partial charge >= 0.3 is 5.97 Å². The maximum absolute atomic E-state index is 10.3. The van der Waals surface area contributed by atoms with Crippen molar-refractivity contribution in [3.63, 3.8) is 0 Å². The standard InChI is InChI=1S/C6H11NO4/c7-2-5-3(8)1-4(11-5)6(9)10/h3-5,8H,1-2,7H2,(H,9,10)/t3-,4-,5+/m1/s1. The summed E-state index contributed by atoms with van der Waals surface area (Å²) in [6.07, 6.45) is -2.01. The molecule has 1 aliphatic heterocycles. The third kappa shape index (κ3) is 1.68. The highest BCUT2D eigenvalue weighted by atomic mass is 16.5. The van der Waals surface area contributed by atoms with Crippen LogP contribution >= 0.6 is 0 Å². The lowest BCUT2D eigenvalue weighted by Crippen LogP contribution is -2.30. The fraction of sp³-hybridized carbons (Fsp3) is 0.833. The van der Waals surface area contributed by atoms with Crippen LogP contribution < -0.4 is 5.73 Å². The molecule has 1 saturated heterocycles. The summed E-state index contributed by atoms with van der Waals surface area (Å²) < 4.78 is 4.91. The molecule has 0 aromatic carbocycles. The zero-order valence-corrected chi connectivity index (χ0v) is 5.93. The number of aliphatic hydroxyl groups excluding tert-OH is 1. The fourth-order valence-corrected chi connectivity index (χ4v) is 1.10. The van der Waals surface area contributed by atoms with Crippen LogP contribution in [0.15, 0.2) is 0 Å². The number of carbonyl (C=O) groups is 1. The van der Waals surface area contributed by atoms with E-state index < -0.39 is 24.3 Å². The molecule has 0 saturated carbocycles. The molecule has 1 rings (SSSR count). The number of carboxylic acid groups (broad SMARTS) is 1. The molecule has 11 heavy (non-hydrogen) atoms. The molecule has 0 bridgehead atoms. The van der Waals surface area contributed by atoms with Gasteiger partial charge in [0.15, 0.2) is 6.10 Å². The number of carboxylic acids is 1. The summed E-state index contributed by atoms with van der Waals surface area (Å²) in [5.41, 5.74) is 5.21. The number of hydrogen-bond acceptors (Lipinski definition) is 4. The van der Waals surface area contributed by atoms with Crippen molar-refractivity contribution in [2.75, 3.05) is 6.54 Å². The maximum Gasteiger partial charge on any atom is 0.332 e. The summed E-state index contributed by atoms with van der Waals surface area (Å²) in [6, 6.07) is 0. The van der Waals surface area contributed by atoms with Gasteiger partial charge in [-0.05, 0) is 0 Å². The Bertz CT molecular complexity index is 161. The second-order valence-corrected chi connectivity index (χ2v) is 2.54. The van der Waals surface area contributed by atoms with Crippen molar-refractivity contribution in [2.45, 2.75) is 24.7 Å².